The topological polar surface area (TPSA) is 96.8 Å². The van der Waals surface area contributed by atoms with Crippen molar-refractivity contribution < 1.29 is 9.26 Å². The number of H-pyrrole nitrogens is 2. The van der Waals surface area contributed by atoms with Crippen molar-refractivity contribution in [2.24, 2.45) is 0 Å². The molecule has 2 N–H and O–H groups in total. The summed E-state index contributed by atoms with van der Waals surface area (Å²) in [4.78, 5) is 22.6. The Morgan fingerprint density at radius 3 is 2.62 bits per heavy atom. The molecule has 0 aliphatic heterocycles. The second-order valence-electron chi connectivity index (χ2n) is 5.80. The average Bonchev–Trinajstić information content (AvgIpc) is 3.05. The van der Waals surface area contributed by atoms with Crippen LogP contribution in [0.2, 0.25) is 0 Å². The fourth-order valence-corrected chi connectivity index (χ4v) is 3.18. The molecule has 0 aliphatic rings. The normalized spacial score (nSPS) is 11.5. The zero-order chi connectivity index (χ0) is 17.0. The van der Waals surface area contributed by atoms with Crippen molar-refractivity contribution >= 4 is 21.9 Å². The van der Waals surface area contributed by atoms with Gasteiger partial charge in [0.1, 0.15) is 23.0 Å². The quantitative estimate of drug-likeness (QED) is 0.591. The summed E-state index contributed by atoms with van der Waals surface area (Å²) in [6, 6.07) is 3.79. The first-order chi connectivity index (χ1) is 11.5. The Balaban J connectivity index is 2.12. The number of methoxy groups -OCH3 is 1. The fourth-order valence-electron chi connectivity index (χ4n) is 3.18. The Morgan fingerprint density at radius 2 is 1.96 bits per heavy atom. The van der Waals surface area contributed by atoms with Crippen molar-refractivity contribution in [3.8, 4) is 16.9 Å². The lowest BCUT2D eigenvalue weighted by molar-refractivity contribution is 0.393. The molecule has 122 valence electrons. The third-order valence-electron chi connectivity index (χ3n) is 4.20. The predicted molar refractivity (Wildman–Crippen MR) is 90.5 cm³/mol. The van der Waals surface area contributed by atoms with Crippen molar-refractivity contribution in [1.29, 1.82) is 0 Å². The highest BCUT2D eigenvalue weighted by atomic mass is 16.5. The molecule has 0 fully saturated rings. The molecule has 7 heteroatoms. The van der Waals surface area contributed by atoms with Gasteiger partial charge in [-0.3, -0.25) is 4.79 Å². The minimum absolute atomic E-state index is 0.170. The summed E-state index contributed by atoms with van der Waals surface area (Å²) in [6.07, 6.45) is 0. The van der Waals surface area contributed by atoms with Crippen LogP contribution >= 0.6 is 0 Å². The zero-order valence-electron chi connectivity index (χ0n) is 13.8. The summed E-state index contributed by atoms with van der Waals surface area (Å²) < 4.78 is 10.8. The third kappa shape index (κ3) is 1.94. The molecule has 0 saturated carbocycles. The highest BCUT2D eigenvalue weighted by Gasteiger charge is 2.19. The summed E-state index contributed by atoms with van der Waals surface area (Å²) >= 11 is 0. The van der Waals surface area contributed by atoms with Gasteiger partial charge < -0.3 is 19.2 Å². The van der Waals surface area contributed by atoms with Crippen LogP contribution in [0, 0.1) is 20.8 Å². The predicted octanol–water partition coefficient (Wildman–Crippen LogP) is 2.99. The largest absolute Gasteiger partial charge is 0.496 e. The monoisotopic (exact) mass is 324 g/mol. The van der Waals surface area contributed by atoms with Gasteiger partial charge in [-0.25, -0.2) is 4.98 Å². The lowest BCUT2D eigenvalue weighted by atomic mass is 10.0. The zero-order valence-corrected chi connectivity index (χ0v) is 13.8. The molecular weight excluding hydrogens is 308 g/mol. The molecule has 4 rings (SSSR count). The van der Waals surface area contributed by atoms with Gasteiger partial charge in [-0.05, 0) is 32.9 Å². The Bertz CT molecular complexity index is 1130. The molecule has 7 nitrogen and oxygen atoms in total. The molecule has 24 heavy (non-hydrogen) atoms. The van der Waals surface area contributed by atoms with Gasteiger partial charge in [0.05, 0.1) is 23.8 Å². The van der Waals surface area contributed by atoms with E-state index < -0.39 is 0 Å². The molecule has 4 aromatic rings. The lowest BCUT2D eigenvalue weighted by Gasteiger charge is -2.08. The molecule has 0 bridgehead atoms. The Morgan fingerprint density at radius 1 is 1.17 bits per heavy atom. The van der Waals surface area contributed by atoms with Crippen LogP contribution in [0.1, 0.15) is 17.3 Å². The highest BCUT2D eigenvalue weighted by Crippen LogP contribution is 2.38. The van der Waals surface area contributed by atoms with E-state index in [-0.39, 0.29) is 5.56 Å². The number of hydrogen-bond acceptors (Lipinski definition) is 5. The minimum Gasteiger partial charge on any atom is -0.496 e. The molecule has 3 heterocycles. The number of ether oxygens (including phenoxy) is 1. The van der Waals surface area contributed by atoms with Crippen molar-refractivity contribution in [2.75, 3.05) is 7.11 Å². The standard InChI is InChI=1S/C17H16N4O3/c1-7-14(8(2)24-21-7)11-5-12-10(6-13(11)23-4)15-16(20-12)18-9(3)19-17(15)22/h5-6H,1-4H3,(H2,18,19,20,22). The summed E-state index contributed by atoms with van der Waals surface area (Å²) in [7, 11) is 1.60. The first-order valence-corrected chi connectivity index (χ1v) is 7.53. The number of fused-ring (bicyclic) bond motifs is 3. The number of benzene rings is 1. The van der Waals surface area contributed by atoms with Gasteiger partial charge in [0.2, 0.25) is 0 Å². The van der Waals surface area contributed by atoms with E-state index in [0.29, 0.717) is 28.4 Å². The molecule has 0 amide bonds. The SMILES string of the molecule is COc1cc2c(cc1-c1c(C)noc1C)[nH]c1nc(C)[nH]c(=O)c12. The Labute approximate surface area is 136 Å². The molecule has 0 radical (unpaired) electrons. The van der Waals surface area contributed by atoms with Gasteiger partial charge in [-0.15, -0.1) is 0 Å². The number of aryl methyl sites for hydroxylation is 3. The summed E-state index contributed by atoms with van der Waals surface area (Å²) in [5.41, 5.74) is 3.74. The van der Waals surface area contributed by atoms with Gasteiger partial charge in [0.25, 0.3) is 5.56 Å². The van der Waals surface area contributed by atoms with Crippen LogP contribution in [0.3, 0.4) is 0 Å². The van der Waals surface area contributed by atoms with Crippen molar-refractivity contribution in [2.45, 2.75) is 20.8 Å². The van der Waals surface area contributed by atoms with E-state index in [0.717, 1.165) is 27.7 Å². The number of aromatic amines is 2. The van der Waals surface area contributed by atoms with E-state index in [1.165, 1.54) is 0 Å². The van der Waals surface area contributed by atoms with Crippen LogP contribution in [0.5, 0.6) is 5.75 Å². The van der Waals surface area contributed by atoms with Crippen molar-refractivity contribution in [1.82, 2.24) is 20.1 Å². The van der Waals surface area contributed by atoms with E-state index >= 15 is 0 Å². The molecule has 0 saturated heterocycles. The summed E-state index contributed by atoms with van der Waals surface area (Å²) in [6.45, 7) is 5.50. The van der Waals surface area contributed by atoms with E-state index in [1.807, 2.05) is 26.0 Å². The van der Waals surface area contributed by atoms with Gasteiger partial charge in [-0.1, -0.05) is 5.16 Å². The summed E-state index contributed by atoms with van der Waals surface area (Å²) in [5, 5.41) is 5.30. The fraction of sp³-hybridized carbons (Fsp3) is 0.235. The number of rotatable bonds is 2. The molecule has 3 aromatic heterocycles. The number of nitrogens with zero attached hydrogens (tertiary/aromatic N) is 2. The molecule has 0 aliphatic carbocycles. The second-order valence-corrected chi connectivity index (χ2v) is 5.80. The van der Waals surface area contributed by atoms with E-state index in [9.17, 15) is 4.79 Å². The van der Waals surface area contributed by atoms with Crippen LogP contribution in [-0.4, -0.2) is 27.2 Å². The van der Waals surface area contributed by atoms with Gasteiger partial charge >= 0.3 is 0 Å². The number of hydrogen-bond donors (Lipinski definition) is 2. The van der Waals surface area contributed by atoms with Crippen molar-refractivity contribution in [3.05, 3.63) is 39.8 Å². The van der Waals surface area contributed by atoms with Crippen LogP contribution in [0.15, 0.2) is 21.5 Å². The minimum atomic E-state index is -0.170. The maximum atomic E-state index is 12.3. The smallest absolute Gasteiger partial charge is 0.261 e. The first-order valence-electron chi connectivity index (χ1n) is 7.53. The van der Waals surface area contributed by atoms with Crippen LogP contribution < -0.4 is 10.3 Å². The van der Waals surface area contributed by atoms with Crippen LogP contribution in [0.4, 0.5) is 0 Å². The van der Waals surface area contributed by atoms with E-state index in [1.54, 1.807) is 14.0 Å². The van der Waals surface area contributed by atoms with E-state index in [4.69, 9.17) is 9.26 Å². The Kier molecular flexibility index (Phi) is 2.99. The number of nitrogens with one attached hydrogen (secondary N) is 2. The van der Waals surface area contributed by atoms with Gasteiger partial charge in [0.15, 0.2) is 0 Å². The molecule has 1 aromatic carbocycles. The summed E-state index contributed by atoms with van der Waals surface area (Å²) in [5.74, 6) is 1.93. The number of aromatic nitrogens is 4. The van der Waals surface area contributed by atoms with E-state index in [2.05, 4.69) is 20.1 Å². The highest BCUT2D eigenvalue weighted by molar-refractivity contribution is 6.07. The van der Waals surface area contributed by atoms with Crippen LogP contribution in [-0.2, 0) is 0 Å². The molecular formula is C17H16N4O3. The third-order valence-corrected chi connectivity index (χ3v) is 4.20. The maximum absolute atomic E-state index is 12.3. The van der Waals surface area contributed by atoms with Crippen LogP contribution in [0.25, 0.3) is 33.1 Å². The van der Waals surface area contributed by atoms with Gasteiger partial charge in [-0.2, -0.15) is 0 Å². The lowest BCUT2D eigenvalue weighted by Crippen LogP contribution is -2.08. The maximum Gasteiger partial charge on any atom is 0.261 e. The average molecular weight is 324 g/mol. The first kappa shape index (κ1) is 14.5. The Hall–Kier alpha value is -3.09. The second kappa shape index (κ2) is 4.95. The molecule has 0 atom stereocenters. The van der Waals surface area contributed by atoms with Crippen molar-refractivity contribution in [3.63, 3.8) is 0 Å². The van der Waals surface area contributed by atoms with Gasteiger partial charge in [0, 0.05) is 16.5 Å². The molecule has 0 spiro atoms. The molecule has 0 unspecified atom stereocenters.